The zero-order valence-electron chi connectivity index (χ0n) is 13.5. The fraction of sp³-hybridized carbons (Fsp3) is 0.588. The van der Waals surface area contributed by atoms with Crippen molar-refractivity contribution in [1.29, 1.82) is 0 Å². The highest BCUT2D eigenvalue weighted by molar-refractivity contribution is 14.0. The number of nitrogens with one attached hydrogen (secondary N) is 1. The maximum absolute atomic E-state index is 5.96. The first-order chi connectivity index (χ1) is 10.3. The molecule has 5 heteroatoms. The molecule has 0 saturated carbocycles. The molecule has 4 nitrogen and oxygen atoms in total. The van der Waals surface area contributed by atoms with Crippen LogP contribution in [0, 0.1) is 0 Å². The van der Waals surface area contributed by atoms with Crippen molar-refractivity contribution in [2.24, 2.45) is 10.7 Å². The molecular formula is C17H29IN4. The molecule has 1 fully saturated rings. The summed E-state index contributed by atoms with van der Waals surface area (Å²) in [6.45, 7) is 6.20. The van der Waals surface area contributed by atoms with Crippen LogP contribution in [0.5, 0.6) is 0 Å². The highest BCUT2D eigenvalue weighted by Crippen LogP contribution is 2.16. The Kier molecular flexibility index (Phi) is 9.47. The Morgan fingerprint density at radius 3 is 2.82 bits per heavy atom. The molecule has 3 N–H and O–H groups in total. The quantitative estimate of drug-likeness (QED) is 0.426. The summed E-state index contributed by atoms with van der Waals surface area (Å²) in [5.41, 5.74) is 7.28. The smallest absolute Gasteiger partial charge is 0.188 e. The van der Waals surface area contributed by atoms with Crippen LogP contribution in [0.3, 0.4) is 0 Å². The second kappa shape index (κ2) is 10.8. The van der Waals surface area contributed by atoms with Crippen LogP contribution in [0.15, 0.2) is 35.3 Å². The topological polar surface area (TPSA) is 53.6 Å². The first kappa shape index (κ1) is 19.2. The normalized spacial score (nSPS) is 19.5. The van der Waals surface area contributed by atoms with Crippen molar-refractivity contribution in [3.05, 3.63) is 35.9 Å². The third kappa shape index (κ3) is 6.52. The zero-order valence-corrected chi connectivity index (χ0v) is 15.8. The molecule has 0 amide bonds. The second-order valence-corrected chi connectivity index (χ2v) is 5.67. The minimum absolute atomic E-state index is 0. The zero-order chi connectivity index (χ0) is 14.9. The number of nitrogens with two attached hydrogens (primary N) is 1. The van der Waals surface area contributed by atoms with Gasteiger partial charge in [-0.2, -0.15) is 0 Å². The minimum Gasteiger partial charge on any atom is -0.370 e. The van der Waals surface area contributed by atoms with Gasteiger partial charge in [-0.1, -0.05) is 43.7 Å². The summed E-state index contributed by atoms with van der Waals surface area (Å²) in [4.78, 5) is 7.04. The number of rotatable bonds is 6. The predicted octanol–water partition coefficient (Wildman–Crippen LogP) is 2.63. The number of hydrogen-bond acceptors (Lipinski definition) is 2. The molecule has 2 rings (SSSR count). The lowest BCUT2D eigenvalue weighted by molar-refractivity contribution is 0.161. The van der Waals surface area contributed by atoms with E-state index in [2.05, 4.69) is 46.4 Å². The molecule has 0 aliphatic carbocycles. The Morgan fingerprint density at radius 2 is 2.09 bits per heavy atom. The largest absolute Gasteiger partial charge is 0.370 e. The van der Waals surface area contributed by atoms with Crippen LogP contribution >= 0.6 is 24.0 Å². The lowest BCUT2D eigenvalue weighted by Crippen LogP contribution is -2.42. The van der Waals surface area contributed by atoms with E-state index in [9.17, 15) is 0 Å². The number of halogens is 1. The van der Waals surface area contributed by atoms with Crippen molar-refractivity contribution in [1.82, 2.24) is 10.2 Å². The summed E-state index contributed by atoms with van der Waals surface area (Å²) >= 11 is 0. The van der Waals surface area contributed by atoms with E-state index < -0.39 is 0 Å². The molecule has 1 heterocycles. The molecule has 1 atom stereocenters. The molecule has 0 spiro atoms. The van der Waals surface area contributed by atoms with Gasteiger partial charge < -0.3 is 11.1 Å². The fourth-order valence-electron chi connectivity index (χ4n) is 2.92. The van der Waals surface area contributed by atoms with Crippen LogP contribution in [-0.2, 0) is 6.42 Å². The number of piperidine rings is 1. The van der Waals surface area contributed by atoms with E-state index in [1.807, 2.05) is 6.07 Å². The Morgan fingerprint density at radius 1 is 1.32 bits per heavy atom. The highest BCUT2D eigenvalue weighted by atomic mass is 127. The molecule has 1 aromatic rings. The number of likely N-dealkylation sites (tertiary alicyclic amines) is 1. The number of nitrogens with zero attached hydrogens (tertiary/aromatic N) is 2. The molecular weight excluding hydrogens is 387 g/mol. The summed E-state index contributed by atoms with van der Waals surface area (Å²) in [5, 5.41) is 3.21. The van der Waals surface area contributed by atoms with Gasteiger partial charge in [0, 0.05) is 12.6 Å². The Hall–Kier alpha value is -0.820. The van der Waals surface area contributed by atoms with Crippen molar-refractivity contribution in [3.8, 4) is 0 Å². The van der Waals surface area contributed by atoms with Gasteiger partial charge in [0.25, 0.3) is 0 Å². The average Bonchev–Trinajstić information content (AvgIpc) is 2.54. The van der Waals surface area contributed by atoms with Crippen molar-refractivity contribution in [2.45, 2.75) is 38.6 Å². The first-order valence-corrected chi connectivity index (χ1v) is 8.11. The van der Waals surface area contributed by atoms with Gasteiger partial charge in [-0.15, -0.1) is 24.0 Å². The van der Waals surface area contributed by atoms with Gasteiger partial charge in [0.15, 0.2) is 5.96 Å². The van der Waals surface area contributed by atoms with Crippen molar-refractivity contribution < 1.29 is 0 Å². The maximum atomic E-state index is 5.96. The van der Waals surface area contributed by atoms with E-state index in [1.165, 1.54) is 31.4 Å². The number of benzene rings is 1. The predicted molar refractivity (Wildman–Crippen MR) is 105 cm³/mol. The van der Waals surface area contributed by atoms with Gasteiger partial charge in [0.1, 0.15) is 0 Å². The molecule has 0 bridgehead atoms. The average molecular weight is 416 g/mol. The summed E-state index contributed by atoms with van der Waals surface area (Å²) in [5.74, 6) is 0.576. The van der Waals surface area contributed by atoms with E-state index in [1.54, 1.807) is 0 Å². The van der Waals surface area contributed by atoms with Crippen LogP contribution in [0.4, 0.5) is 0 Å². The van der Waals surface area contributed by atoms with Crippen molar-refractivity contribution in [3.63, 3.8) is 0 Å². The lowest BCUT2D eigenvalue weighted by atomic mass is 10.0. The van der Waals surface area contributed by atoms with E-state index in [0.717, 1.165) is 26.1 Å². The second-order valence-electron chi connectivity index (χ2n) is 5.67. The van der Waals surface area contributed by atoms with Gasteiger partial charge >= 0.3 is 0 Å². The summed E-state index contributed by atoms with van der Waals surface area (Å²) < 4.78 is 0. The number of likely N-dealkylation sites (N-methyl/N-ethyl adjacent to an activating group) is 1. The van der Waals surface area contributed by atoms with Crippen LogP contribution in [0.25, 0.3) is 0 Å². The number of hydrogen-bond donors (Lipinski definition) is 2. The summed E-state index contributed by atoms with van der Waals surface area (Å²) in [7, 11) is 0. The molecule has 1 unspecified atom stereocenters. The van der Waals surface area contributed by atoms with Gasteiger partial charge in [-0.25, -0.2) is 0 Å². The van der Waals surface area contributed by atoms with E-state index in [-0.39, 0.29) is 24.0 Å². The SMILES string of the molecule is CCN1CCCCC1CN=C(N)NCCc1ccccc1.I. The van der Waals surface area contributed by atoms with Gasteiger partial charge in [-0.05, 0) is 37.9 Å². The van der Waals surface area contributed by atoms with Crippen molar-refractivity contribution in [2.75, 3.05) is 26.2 Å². The summed E-state index contributed by atoms with van der Waals surface area (Å²) in [6, 6.07) is 11.0. The molecule has 1 aromatic carbocycles. The minimum atomic E-state index is 0. The molecule has 0 radical (unpaired) electrons. The lowest BCUT2D eigenvalue weighted by Gasteiger charge is -2.33. The van der Waals surface area contributed by atoms with Gasteiger partial charge in [0.05, 0.1) is 6.54 Å². The molecule has 1 aliphatic rings. The molecule has 1 saturated heterocycles. The van der Waals surface area contributed by atoms with E-state index in [4.69, 9.17) is 5.73 Å². The standard InChI is InChI=1S/C17H28N4.HI/c1-2-21-13-7-6-10-16(21)14-20-17(18)19-12-11-15-8-4-3-5-9-15;/h3-5,8-9,16H,2,6-7,10-14H2,1H3,(H3,18,19,20);1H. The highest BCUT2D eigenvalue weighted by Gasteiger charge is 2.20. The molecule has 0 aromatic heterocycles. The van der Waals surface area contributed by atoms with Gasteiger partial charge in [0.2, 0.25) is 0 Å². The Labute approximate surface area is 151 Å². The maximum Gasteiger partial charge on any atom is 0.188 e. The Balaban J connectivity index is 0.00000242. The summed E-state index contributed by atoms with van der Waals surface area (Å²) in [6.07, 6.45) is 4.85. The molecule has 124 valence electrons. The van der Waals surface area contributed by atoms with Crippen LogP contribution in [-0.4, -0.2) is 43.1 Å². The molecule has 22 heavy (non-hydrogen) atoms. The monoisotopic (exact) mass is 416 g/mol. The van der Waals surface area contributed by atoms with Gasteiger partial charge in [-0.3, -0.25) is 9.89 Å². The molecule has 1 aliphatic heterocycles. The van der Waals surface area contributed by atoms with Crippen LogP contribution in [0.1, 0.15) is 31.7 Å². The van der Waals surface area contributed by atoms with Crippen LogP contribution in [0.2, 0.25) is 0 Å². The van der Waals surface area contributed by atoms with Crippen LogP contribution < -0.4 is 11.1 Å². The first-order valence-electron chi connectivity index (χ1n) is 8.11. The fourth-order valence-corrected chi connectivity index (χ4v) is 2.92. The van der Waals surface area contributed by atoms with Crippen molar-refractivity contribution >= 4 is 29.9 Å². The van der Waals surface area contributed by atoms with E-state index in [0.29, 0.717) is 12.0 Å². The third-order valence-electron chi connectivity index (χ3n) is 4.19. The third-order valence-corrected chi connectivity index (χ3v) is 4.19. The van der Waals surface area contributed by atoms with E-state index >= 15 is 0 Å². The number of guanidine groups is 1. The Bertz CT molecular complexity index is 436. The number of aliphatic imine (C=N–C) groups is 1.